The number of rotatable bonds is 9. The maximum Gasteiger partial charge on any atom is 0.407 e. The van der Waals surface area contributed by atoms with E-state index in [1.54, 1.807) is 18.2 Å². The number of amides is 2. The van der Waals surface area contributed by atoms with Crippen LogP contribution in [0.25, 0.3) is 0 Å². The molecule has 10 heteroatoms. The minimum absolute atomic E-state index is 0.0584. The molecule has 3 rings (SSSR count). The Hall–Kier alpha value is -2.40. The number of benzene rings is 2. The van der Waals surface area contributed by atoms with Crippen LogP contribution in [-0.2, 0) is 17.4 Å². The smallest absolute Gasteiger partial charge is 0.407 e. The van der Waals surface area contributed by atoms with Gasteiger partial charge in [-0.2, -0.15) is 0 Å². The number of carbonyl (C=O) groups excluding carboxylic acids is 1. The van der Waals surface area contributed by atoms with Crippen LogP contribution in [-0.4, -0.2) is 67.3 Å². The summed E-state index contributed by atoms with van der Waals surface area (Å²) in [5, 5.41) is 22.1. The summed E-state index contributed by atoms with van der Waals surface area (Å²) >= 11 is 3.39. The van der Waals surface area contributed by atoms with Gasteiger partial charge in [0.2, 0.25) is 0 Å². The fraction of sp³-hybridized carbons (Fsp3) is 0.481. The first-order valence-corrected chi connectivity index (χ1v) is 16.1. The lowest BCUT2D eigenvalue weighted by Crippen LogP contribution is -2.58. The van der Waals surface area contributed by atoms with Gasteiger partial charge in [0.25, 0.3) is 5.91 Å². The van der Waals surface area contributed by atoms with Crippen molar-refractivity contribution in [1.29, 1.82) is 0 Å². The summed E-state index contributed by atoms with van der Waals surface area (Å²) in [5.41, 5.74) is 2.40. The predicted octanol–water partition coefficient (Wildman–Crippen LogP) is 5.05. The Morgan fingerprint density at radius 2 is 1.86 bits per heavy atom. The van der Waals surface area contributed by atoms with Crippen molar-refractivity contribution in [2.24, 2.45) is 0 Å². The van der Waals surface area contributed by atoms with Crippen molar-refractivity contribution in [1.82, 2.24) is 10.2 Å². The van der Waals surface area contributed by atoms with Crippen LogP contribution in [0.4, 0.5) is 4.79 Å². The molecular formula is C27H37BrN2O6Si. The van der Waals surface area contributed by atoms with E-state index in [1.807, 2.05) is 24.3 Å². The Morgan fingerprint density at radius 1 is 1.19 bits per heavy atom. The van der Waals surface area contributed by atoms with Crippen LogP contribution < -0.4 is 10.1 Å². The zero-order chi connectivity index (χ0) is 27.4. The van der Waals surface area contributed by atoms with Crippen LogP contribution in [0.1, 0.15) is 42.3 Å². The van der Waals surface area contributed by atoms with Crippen molar-refractivity contribution in [3.8, 4) is 5.75 Å². The summed E-state index contributed by atoms with van der Waals surface area (Å²) in [4.78, 5) is 27.0. The van der Waals surface area contributed by atoms with Crippen LogP contribution in [0.3, 0.4) is 0 Å². The first kappa shape index (κ1) is 29.2. The van der Waals surface area contributed by atoms with Crippen LogP contribution in [0.2, 0.25) is 18.1 Å². The molecule has 0 saturated carbocycles. The molecule has 0 bridgehead atoms. The lowest BCUT2D eigenvalue weighted by molar-refractivity contribution is 0.0438. The monoisotopic (exact) mass is 592 g/mol. The molecule has 8 nitrogen and oxygen atoms in total. The van der Waals surface area contributed by atoms with E-state index in [4.69, 9.17) is 14.3 Å². The Morgan fingerprint density at radius 3 is 2.49 bits per heavy atom. The number of nitrogens with one attached hydrogen (secondary N) is 1. The third kappa shape index (κ3) is 7.13. The van der Waals surface area contributed by atoms with Gasteiger partial charge in [-0.1, -0.05) is 61.0 Å². The Balaban J connectivity index is 1.91. The van der Waals surface area contributed by atoms with E-state index < -0.39 is 26.6 Å². The largest absolute Gasteiger partial charge is 0.490 e. The molecule has 2 aromatic carbocycles. The molecule has 2 aromatic rings. The summed E-state index contributed by atoms with van der Waals surface area (Å²) in [7, 11) is -2.32. The average molecular weight is 594 g/mol. The maximum absolute atomic E-state index is 13.3. The zero-order valence-corrected chi connectivity index (χ0v) is 24.7. The molecule has 3 N–H and O–H groups in total. The number of hydrogen-bond donors (Lipinski definition) is 3. The summed E-state index contributed by atoms with van der Waals surface area (Å²) in [6.07, 6.45) is -1.06. The molecule has 1 unspecified atom stereocenters. The fourth-order valence-corrected chi connectivity index (χ4v) is 5.84. The molecule has 2 atom stereocenters. The Bertz CT molecular complexity index is 1120. The molecule has 2 amide bonds. The van der Waals surface area contributed by atoms with Crippen LogP contribution in [0.15, 0.2) is 46.9 Å². The molecule has 202 valence electrons. The zero-order valence-electron chi connectivity index (χ0n) is 22.1. The minimum atomic E-state index is -2.32. The molecule has 0 radical (unpaired) electrons. The van der Waals surface area contributed by atoms with E-state index in [0.717, 1.165) is 15.6 Å². The van der Waals surface area contributed by atoms with E-state index in [2.05, 4.69) is 55.1 Å². The second-order valence-electron chi connectivity index (χ2n) is 10.8. The summed E-state index contributed by atoms with van der Waals surface area (Å²) < 4.78 is 13.1. The Labute approximate surface area is 228 Å². The number of halogens is 1. The second-order valence-corrected chi connectivity index (χ2v) is 16.5. The molecule has 0 fully saturated rings. The first-order chi connectivity index (χ1) is 17.3. The van der Waals surface area contributed by atoms with Crippen molar-refractivity contribution in [3.63, 3.8) is 0 Å². The number of fused-ring (bicyclic) bond motifs is 1. The molecule has 37 heavy (non-hydrogen) atoms. The van der Waals surface area contributed by atoms with Crippen molar-refractivity contribution < 1.29 is 29.0 Å². The van der Waals surface area contributed by atoms with Gasteiger partial charge in [-0.15, -0.1) is 0 Å². The van der Waals surface area contributed by atoms with Gasteiger partial charge < -0.3 is 24.7 Å². The van der Waals surface area contributed by atoms with Crippen LogP contribution >= 0.6 is 15.9 Å². The van der Waals surface area contributed by atoms with E-state index in [0.29, 0.717) is 17.7 Å². The number of carboxylic acid groups (broad SMARTS) is 1. The molecular weight excluding hydrogens is 556 g/mol. The van der Waals surface area contributed by atoms with Gasteiger partial charge in [-0.3, -0.25) is 9.69 Å². The van der Waals surface area contributed by atoms with Gasteiger partial charge in [-0.05, 0) is 53.9 Å². The molecule has 1 aliphatic heterocycles. The van der Waals surface area contributed by atoms with Crippen molar-refractivity contribution in [2.45, 2.75) is 64.0 Å². The summed E-state index contributed by atoms with van der Waals surface area (Å²) in [6, 6.07) is 12.5. The van der Waals surface area contributed by atoms with Crippen LogP contribution in [0.5, 0.6) is 5.75 Å². The molecule has 0 aliphatic carbocycles. The number of aliphatic hydroxyl groups excluding tert-OH is 1. The summed E-state index contributed by atoms with van der Waals surface area (Å²) in [6.45, 7) is 10.9. The standard InChI is InChI=1S/C27H37BrN2O6Si/c1-27(2,3)37(4,5)36-24(22-14-18-8-6-7-9-19(18)17-30(22)26(33)34)16-29-25(32)21-11-10-20(28)15-23(21)35-13-12-31/h6-11,15,22,24,31H,12-14,16-17H2,1-5H3,(H,29,32)(H,33,34)/t22?,24-/m1/s1. The number of ether oxygens (including phenoxy) is 1. The number of nitrogens with zero attached hydrogens (tertiary/aromatic N) is 1. The average Bonchev–Trinajstić information content (AvgIpc) is 2.83. The highest BCUT2D eigenvalue weighted by atomic mass is 79.9. The maximum atomic E-state index is 13.3. The molecule has 0 spiro atoms. The third-order valence-electron chi connectivity index (χ3n) is 7.22. The third-order valence-corrected chi connectivity index (χ3v) is 12.2. The fourth-order valence-electron chi connectivity index (χ4n) is 4.15. The topological polar surface area (TPSA) is 108 Å². The van der Waals surface area contributed by atoms with Crippen molar-refractivity contribution in [2.75, 3.05) is 19.8 Å². The Kier molecular flexibility index (Phi) is 9.44. The lowest BCUT2D eigenvalue weighted by Gasteiger charge is -2.45. The number of aliphatic hydroxyl groups is 1. The molecule has 0 saturated heterocycles. The highest BCUT2D eigenvalue weighted by molar-refractivity contribution is 9.10. The van der Waals surface area contributed by atoms with Crippen molar-refractivity contribution in [3.05, 3.63) is 63.6 Å². The SMILES string of the molecule is CC(C)(C)[Si](C)(C)O[C@H](CNC(=O)c1ccc(Br)cc1OCCO)C1Cc2ccccc2CN1C(=O)O. The minimum Gasteiger partial charge on any atom is -0.490 e. The van der Waals surface area contributed by atoms with Gasteiger partial charge in [0, 0.05) is 17.6 Å². The number of hydrogen-bond acceptors (Lipinski definition) is 5. The summed E-state index contributed by atoms with van der Waals surface area (Å²) in [5.74, 6) is -0.0103. The quantitative estimate of drug-likeness (QED) is 0.352. The van der Waals surface area contributed by atoms with E-state index in [-0.39, 0.29) is 37.2 Å². The van der Waals surface area contributed by atoms with Gasteiger partial charge in [0.05, 0.1) is 24.3 Å². The van der Waals surface area contributed by atoms with Crippen molar-refractivity contribution >= 4 is 36.2 Å². The molecule has 0 aromatic heterocycles. The first-order valence-electron chi connectivity index (χ1n) is 12.4. The van der Waals surface area contributed by atoms with Gasteiger partial charge in [-0.25, -0.2) is 4.79 Å². The number of carbonyl (C=O) groups is 2. The normalized spacial score (nSPS) is 16.6. The highest BCUT2D eigenvalue weighted by Gasteiger charge is 2.44. The van der Waals surface area contributed by atoms with Gasteiger partial charge in [0.15, 0.2) is 8.32 Å². The lowest BCUT2D eigenvalue weighted by atomic mass is 9.91. The second kappa shape index (κ2) is 12.0. The van der Waals surface area contributed by atoms with Gasteiger partial charge in [0.1, 0.15) is 12.4 Å². The van der Waals surface area contributed by atoms with Gasteiger partial charge >= 0.3 is 6.09 Å². The molecule has 1 heterocycles. The van der Waals surface area contributed by atoms with E-state index in [9.17, 15) is 14.7 Å². The highest BCUT2D eigenvalue weighted by Crippen LogP contribution is 2.39. The van der Waals surface area contributed by atoms with E-state index in [1.165, 1.54) is 4.90 Å². The van der Waals surface area contributed by atoms with E-state index >= 15 is 0 Å². The molecule has 1 aliphatic rings. The predicted molar refractivity (Wildman–Crippen MR) is 149 cm³/mol. The van der Waals surface area contributed by atoms with Crippen LogP contribution in [0, 0.1) is 0 Å².